The van der Waals surface area contributed by atoms with Crippen LogP contribution in [0, 0.1) is 0 Å². The van der Waals surface area contributed by atoms with Crippen molar-refractivity contribution in [1.82, 2.24) is 15.5 Å². The van der Waals surface area contributed by atoms with Gasteiger partial charge in [-0.1, -0.05) is 12.2 Å². The van der Waals surface area contributed by atoms with Crippen LogP contribution >= 0.6 is 24.0 Å². The van der Waals surface area contributed by atoms with Crippen LogP contribution in [0.5, 0.6) is 5.75 Å². The number of halogens is 1. The van der Waals surface area contributed by atoms with Crippen molar-refractivity contribution >= 4 is 39.8 Å². The summed E-state index contributed by atoms with van der Waals surface area (Å²) in [4.78, 5) is 7.32. The number of likely N-dealkylation sites (tertiary alicyclic amines) is 1. The predicted octanol–water partition coefficient (Wildman–Crippen LogP) is 2.68. The lowest BCUT2D eigenvalue weighted by molar-refractivity contribution is 0.221. The van der Waals surface area contributed by atoms with Crippen LogP contribution < -0.4 is 15.4 Å². The molecule has 2 rings (SSSR count). The Balaban J connectivity index is 0.00000450. The van der Waals surface area contributed by atoms with E-state index in [-0.39, 0.29) is 28.9 Å². The standard InChI is InChI=1S/C21H34N4O3S.HI/c1-5-22-21(24-18-10-13-25(14-11-18)16-17(2)3)23-12-15-28-19-6-8-20(9-7-19)29(4,26)27;/h6-9,18H,2,5,10-16H2,1,3-4H3,(H2,22,23,24);1H. The number of ether oxygens (including phenoxy) is 1. The minimum atomic E-state index is -3.19. The van der Waals surface area contributed by atoms with Crippen molar-refractivity contribution in [3.8, 4) is 5.75 Å². The molecule has 0 aliphatic carbocycles. The van der Waals surface area contributed by atoms with Gasteiger partial charge in [0.2, 0.25) is 0 Å². The molecule has 0 amide bonds. The maximum absolute atomic E-state index is 11.5. The van der Waals surface area contributed by atoms with Crippen LogP contribution in [0.1, 0.15) is 26.7 Å². The quantitative estimate of drug-likeness (QED) is 0.162. The van der Waals surface area contributed by atoms with Crippen LogP contribution in [0.2, 0.25) is 0 Å². The molecule has 0 radical (unpaired) electrons. The molecule has 1 aliphatic heterocycles. The third-order valence-electron chi connectivity index (χ3n) is 4.65. The zero-order valence-electron chi connectivity index (χ0n) is 18.2. The summed E-state index contributed by atoms with van der Waals surface area (Å²) in [5.41, 5.74) is 1.21. The molecule has 1 aromatic carbocycles. The first kappa shape index (κ1) is 26.7. The predicted molar refractivity (Wildman–Crippen MR) is 134 cm³/mol. The second-order valence-corrected chi connectivity index (χ2v) is 9.52. The zero-order chi connectivity index (χ0) is 21.3. The zero-order valence-corrected chi connectivity index (χ0v) is 21.3. The topological polar surface area (TPSA) is 83.0 Å². The van der Waals surface area contributed by atoms with Gasteiger partial charge in [0.15, 0.2) is 15.8 Å². The SMILES string of the molecule is C=C(C)CN1CCC(NC(=NCCOc2ccc(S(C)(=O)=O)cc2)NCC)CC1.I. The summed E-state index contributed by atoms with van der Waals surface area (Å²) < 4.78 is 28.7. The molecule has 9 heteroatoms. The summed E-state index contributed by atoms with van der Waals surface area (Å²) >= 11 is 0. The molecule has 1 aliphatic rings. The Hall–Kier alpha value is -1.33. The van der Waals surface area contributed by atoms with E-state index >= 15 is 0 Å². The van der Waals surface area contributed by atoms with Gasteiger partial charge in [-0.25, -0.2) is 13.4 Å². The van der Waals surface area contributed by atoms with Crippen molar-refractivity contribution in [2.24, 2.45) is 4.99 Å². The lowest BCUT2D eigenvalue weighted by atomic mass is 10.0. The summed E-state index contributed by atoms with van der Waals surface area (Å²) in [7, 11) is -3.19. The van der Waals surface area contributed by atoms with Crippen LogP contribution in [0.25, 0.3) is 0 Å². The van der Waals surface area contributed by atoms with Crippen LogP contribution in [0.3, 0.4) is 0 Å². The Morgan fingerprint density at radius 2 is 1.90 bits per heavy atom. The number of aliphatic imine (C=N–C) groups is 1. The van der Waals surface area contributed by atoms with Crippen LogP contribution in [0.4, 0.5) is 0 Å². The van der Waals surface area contributed by atoms with Gasteiger partial charge in [0.1, 0.15) is 12.4 Å². The Bertz CT molecular complexity index is 789. The Labute approximate surface area is 198 Å². The lowest BCUT2D eigenvalue weighted by Gasteiger charge is -2.33. The molecule has 170 valence electrons. The fraction of sp³-hybridized carbons (Fsp3) is 0.571. The molecule has 0 aromatic heterocycles. The van der Waals surface area contributed by atoms with Crippen molar-refractivity contribution in [3.63, 3.8) is 0 Å². The van der Waals surface area contributed by atoms with Crippen molar-refractivity contribution in [2.75, 3.05) is 45.6 Å². The van der Waals surface area contributed by atoms with E-state index in [1.54, 1.807) is 24.3 Å². The third-order valence-corrected chi connectivity index (χ3v) is 5.78. The molecule has 30 heavy (non-hydrogen) atoms. The molecule has 0 bridgehead atoms. The molecule has 1 saturated heterocycles. The molecule has 2 N–H and O–H groups in total. The van der Waals surface area contributed by atoms with Gasteiger partial charge in [-0.05, 0) is 51.0 Å². The largest absolute Gasteiger partial charge is 0.492 e. The monoisotopic (exact) mass is 550 g/mol. The second-order valence-electron chi connectivity index (χ2n) is 7.50. The summed E-state index contributed by atoms with van der Waals surface area (Å²) in [5.74, 6) is 1.44. The molecular weight excluding hydrogens is 515 g/mol. The van der Waals surface area contributed by atoms with Crippen molar-refractivity contribution in [1.29, 1.82) is 0 Å². The highest BCUT2D eigenvalue weighted by Gasteiger charge is 2.19. The first-order valence-electron chi connectivity index (χ1n) is 10.1. The van der Waals surface area contributed by atoms with Gasteiger partial charge in [-0.15, -0.1) is 24.0 Å². The van der Waals surface area contributed by atoms with Gasteiger partial charge < -0.3 is 15.4 Å². The smallest absolute Gasteiger partial charge is 0.191 e. The number of piperidine rings is 1. The van der Waals surface area contributed by atoms with Crippen LogP contribution in [0.15, 0.2) is 46.3 Å². The average Bonchev–Trinajstić information content (AvgIpc) is 2.66. The number of benzene rings is 1. The van der Waals surface area contributed by atoms with E-state index in [0.29, 0.717) is 24.9 Å². The number of hydrogen-bond acceptors (Lipinski definition) is 5. The molecule has 0 spiro atoms. The highest BCUT2D eigenvalue weighted by molar-refractivity contribution is 14.0. The molecule has 0 saturated carbocycles. The molecule has 7 nitrogen and oxygen atoms in total. The highest BCUT2D eigenvalue weighted by Crippen LogP contribution is 2.15. The number of sulfone groups is 1. The summed E-state index contributed by atoms with van der Waals surface area (Å²) in [5, 5.41) is 6.81. The van der Waals surface area contributed by atoms with Gasteiger partial charge >= 0.3 is 0 Å². The number of nitrogens with one attached hydrogen (secondary N) is 2. The number of hydrogen-bond donors (Lipinski definition) is 2. The van der Waals surface area contributed by atoms with E-state index in [4.69, 9.17) is 4.74 Å². The fourth-order valence-corrected chi connectivity index (χ4v) is 3.86. The van der Waals surface area contributed by atoms with Crippen molar-refractivity contribution < 1.29 is 13.2 Å². The average molecular weight is 551 g/mol. The van der Waals surface area contributed by atoms with E-state index in [9.17, 15) is 8.42 Å². The minimum absolute atomic E-state index is 0. The fourth-order valence-electron chi connectivity index (χ4n) is 3.23. The summed E-state index contributed by atoms with van der Waals surface area (Å²) in [6, 6.07) is 6.86. The first-order valence-corrected chi connectivity index (χ1v) is 12.0. The third kappa shape index (κ3) is 9.65. The van der Waals surface area contributed by atoms with Crippen molar-refractivity contribution in [2.45, 2.75) is 37.6 Å². The number of rotatable bonds is 9. The van der Waals surface area contributed by atoms with E-state index in [1.165, 1.54) is 11.8 Å². The Kier molecular flexibility index (Phi) is 11.7. The van der Waals surface area contributed by atoms with Crippen LogP contribution in [-0.4, -0.2) is 70.9 Å². The maximum atomic E-state index is 11.5. The Morgan fingerprint density at radius 3 is 2.43 bits per heavy atom. The number of nitrogens with zero attached hydrogens (tertiary/aromatic N) is 2. The minimum Gasteiger partial charge on any atom is -0.492 e. The molecule has 0 unspecified atom stereocenters. The normalized spacial score (nSPS) is 15.9. The molecule has 1 fully saturated rings. The highest BCUT2D eigenvalue weighted by atomic mass is 127. The maximum Gasteiger partial charge on any atom is 0.191 e. The second kappa shape index (κ2) is 13.2. The van der Waals surface area contributed by atoms with E-state index in [2.05, 4.69) is 34.0 Å². The van der Waals surface area contributed by atoms with Crippen molar-refractivity contribution in [3.05, 3.63) is 36.4 Å². The van der Waals surface area contributed by atoms with Gasteiger partial charge in [0, 0.05) is 38.5 Å². The van der Waals surface area contributed by atoms with Gasteiger partial charge in [0.05, 0.1) is 11.4 Å². The molecule has 0 atom stereocenters. The molecule has 1 aromatic rings. The van der Waals surface area contributed by atoms with Crippen LogP contribution in [-0.2, 0) is 9.84 Å². The molecule has 1 heterocycles. The van der Waals surface area contributed by atoms with Gasteiger partial charge in [-0.3, -0.25) is 4.90 Å². The first-order chi connectivity index (χ1) is 13.8. The van der Waals surface area contributed by atoms with E-state index in [1.807, 2.05) is 6.92 Å². The summed E-state index contributed by atoms with van der Waals surface area (Å²) in [6.07, 6.45) is 3.36. The Morgan fingerprint density at radius 1 is 1.27 bits per heavy atom. The van der Waals surface area contributed by atoms with Gasteiger partial charge in [0.25, 0.3) is 0 Å². The number of guanidine groups is 1. The lowest BCUT2D eigenvalue weighted by Crippen LogP contribution is -2.49. The van der Waals surface area contributed by atoms with E-state index < -0.39 is 9.84 Å². The van der Waals surface area contributed by atoms with E-state index in [0.717, 1.165) is 45.0 Å². The summed E-state index contributed by atoms with van der Waals surface area (Å²) in [6.45, 7) is 13.0. The molecular formula is C21H35IN4O3S. The van der Waals surface area contributed by atoms with Gasteiger partial charge in [-0.2, -0.15) is 0 Å².